The van der Waals surface area contributed by atoms with Crippen molar-refractivity contribution in [1.29, 1.82) is 0 Å². The van der Waals surface area contributed by atoms with Gasteiger partial charge in [0, 0.05) is 38.5 Å². The Morgan fingerprint density at radius 3 is 2.56 bits per heavy atom. The zero-order valence-electron chi connectivity index (χ0n) is 15.1. The molecule has 136 valence electrons. The van der Waals surface area contributed by atoms with Gasteiger partial charge in [-0.15, -0.1) is 0 Å². The van der Waals surface area contributed by atoms with Crippen LogP contribution in [0.5, 0.6) is 0 Å². The van der Waals surface area contributed by atoms with Gasteiger partial charge in [-0.3, -0.25) is 14.4 Å². The van der Waals surface area contributed by atoms with Gasteiger partial charge < -0.3 is 20.1 Å². The number of hydrogen-bond acceptors (Lipinski definition) is 4. The van der Waals surface area contributed by atoms with E-state index in [0.717, 1.165) is 5.69 Å². The minimum absolute atomic E-state index is 0.0110. The molecule has 8 heteroatoms. The van der Waals surface area contributed by atoms with Crippen molar-refractivity contribution in [1.82, 2.24) is 25.1 Å². The molecular formula is C17H25N5O3. The zero-order chi connectivity index (χ0) is 18.4. The van der Waals surface area contributed by atoms with Crippen LogP contribution in [0.4, 0.5) is 0 Å². The molecule has 1 unspecified atom stereocenters. The van der Waals surface area contributed by atoms with Crippen LogP contribution in [-0.4, -0.2) is 70.2 Å². The molecule has 0 aromatic carbocycles. The number of carbonyl (C=O) groups is 3. The van der Waals surface area contributed by atoms with Crippen LogP contribution in [0.1, 0.15) is 43.4 Å². The molecule has 0 spiro atoms. The Bertz CT molecular complexity index is 699. The molecule has 2 saturated heterocycles. The lowest BCUT2D eigenvalue weighted by Crippen LogP contribution is -2.61. The topological polar surface area (TPSA) is 98.4 Å². The maximum Gasteiger partial charge on any atom is 0.274 e. The normalized spacial score (nSPS) is 21.4. The maximum absolute atomic E-state index is 12.7. The molecule has 2 fully saturated rings. The number of carbonyl (C=O) groups excluding carboxylic acids is 3. The average molecular weight is 347 g/mol. The lowest BCUT2D eigenvalue weighted by Gasteiger charge is -2.44. The van der Waals surface area contributed by atoms with Crippen molar-refractivity contribution < 1.29 is 14.4 Å². The molecule has 1 aromatic rings. The van der Waals surface area contributed by atoms with Gasteiger partial charge in [-0.1, -0.05) is 20.8 Å². The fourth-order valence-corrected chi connectivity index (χ4v) is 3.46. The van der Waals surface area contributed by atoms with Gasteiger partial charge in [0.05, 0.1) is 24.0 Å². The van der Waals surface area contributed by atoms with Crippen LogP contribution in [0, 0.1) is 5.92 Å². The molecular weight excluding hydrogens is 322 g/mol. The SMILES string of the molecule is CNC(=O)C1CC(=O)N(C2CN(C(=O)c3nc[nH]c3C(C)(C)C)C2)C1. The second-order valence-corrected chi connectivity index (χ2v) is 7.80. The van der Waals surface area contributed by atoms with Gasteiger partial charge in [0.15, 0.2) is 0 Å². The predicted octanol–water partition coefficient (Wildman–Crippen LogP) is 0.126. The van der Waals surface area contributed by atoms with Crippen molar-refractivity contribution in [2.45, 2.75) is 38.6 Å². The van der Waals surface area contributed by atoms with E-state index >= 15 is 0 Å². The quantitative estimate of drug-likeness (QED) is 0.812. The van der Waals surface area contributed by atoms with Crippen LogP contribution in [0.25, 0.3) is 0 Å². The van der Waals surface area contributed by atoms with E-state index in [4.69, 9.17) is 0 Å². The van der Waals surface area contributed by atoms with Gasteiger partial charge in [0.25, 0.3) is 5.91 Å². The molecule has 8 nitrogen and oxygen atoms in total. The highest BCUT2D eigenvalue weighted by Gasteiger charge is 2.44. The summed E-state index contributed by atoms with van der Waals surface area (Å²) >= 11 is 0. The van der Waals surface area contributed by atoms with Crippen molar-refractivity contribution in [2.75, 3.05) is 26.7 Å². The van der Waals surface area contributed by atoms with Crippen molar-refractivity contribution in [2.24, 2.45) is 5.92 Å². The van der Waals surface area contributed by atoms with E-state index in [1.807, 2.05) is 20.8 Å². The summed E-state index contributed by atoms with van der Waals surface area (Å²) in [6.07, 6.45) is 1.79. The van der Waals surface area contributed by atoms with E-state index in [9.17, 15) is 14.4 Å². The second-order valence-electron chi connectivity index (χ2n) is 7.80. The second kappa shape index (κ2) is 6.16. The van der Waals surface area contributed by atoms with Crippen LogP contribution in [0.15, 0.2) is 6.33 Å². The third-order valence-electron chi connectivity index (χ3n) is 4.96. The third-order valence-corrected chi connectivity index (χ3v) is 4.96. The number of aromatic amines is 1. The molecule has 2 N–H and O–H groups in total. The largest absolute Gasteiger partial charge is 0.359 e. The maximum atomic E-state index is 12.7. The zero-order valence-corrected chi connectivity index (χ0v) is 15.1. The predicted molar refractivity (Wildman–Crippen MR) is 90.9 cm³/mol. The molecule has 2 aliphatic heterocycles. The van der Waals surface area contributed by atoms with Gasteiger partial charge >= 0.3 is 0 Å². The van der Waals surface area contributed by atoms with E-state index in [-0.39, 0.29) is 41.5 Å². The average Bonchev–Trinajstić information content (AvgIpc) is 3.12. The molecule has 0 aliphatic carbocycles. The minimum Gasteiger partial charge on any atom is -0.359 e. The third kappa shape index (κ3) is 3.12. The Kier molecular flexibility index (Phi) is 4.30. The van der Waals surface area contributed by atoms with Gasteiger partial charge in [-0.05, 0) is 0 Å². The van der Waals surface area contributed by atoms with E-state index in [2.05, 4.69) is 15.3 Å². The highest BCUT2D eigenvalue weighted by molar-refractivity contribution is 5.95. The van der Waals surface area contributed by atoms with E-state index in [1.54, 1.807) is 23.2 Å². The van der Waals surface area contributed by atoms with E-state index in [0.29, 0.717) is 25.3 Å². The van der Waals surface area contributed by atoms with Gasteiger partial charge in [0.2, 0.25) is 11.8 Å². The summed E-state index contributed by atoms with van der Waals surface area (Å²) in [5, 5.41) is 2.59. The number of imidazole rings is 1. The number of nitrogens with one attached hydrogen (secondary N) is 2. The first kappa shape index (κ1) is 17.4. The molecule has 3 heterocycles. The van der Waals surface area contributed by atoms with E-state index in [1.165, 1.54) is 0 Å². The van der Waals surface area contributed by atoms with Gasteiger partial charge in [0.1, 0.15) is 5.69 Å². The number of amides is 3. The van der Waals surface area contributed by atoms with Gasteiger partial charge in [-0.25, -0.2) is 4.98 Å². The Morgan fingerprint density at radius 1 is 1.28 bits per heavy atom. The molecule has 0 bridgehead atoms. The molecule has 1 aromatic heterocycles. The number of likely N-dealkylation sites (tertiary alicyclic amines) is 2. The van der Waals surface area contributed by atoms with Crippen molar-refractivity contribution in [3.8, 4) is 0 Å². The summed E-state index contributed by atoms with van der Waals surface area (Å²) in [5.41, 5.74) is 1.07. The first-order valence-electron chi connectivity index (χ1n) is 8.56. The van der Waals surface area contributed by atoms with Crippen LogP contribution >= 0.6 is 0 Å². The Balaban J connectivity index is 1.62. The highest BCUT2D eigenvalue weighted by atomic mass is 16.2. The molecule has 2 aliphatic rings. The van der Waals surface area contributed by atoms with Crippen molar-refractivity contribution >= 4 is 17.7 Å². The molecule has 0 radical (unpaired) electrons. The summed E-state index contributed by atoms with van der Waals surface area (Å²) < 4.78 is 0. The highest BCUT2D eigenvalue weighted by Crippen LogP contribution is 2.28. The molecule has 3 amide bonds. The number of rotatable bonds is 3. The number of aromatic nitrogens is 2. The monoisotopic (exact) mass is 347 g/mol. The van der Waals surface area contributed by atoms with Crippen molar-refractivity contribution in [3.05, 3.63) is 17.7 Å². The minimum atomic E-state index is -0.291. The Morgan fingerprint density at radius 2 is 1.96 bits per heavy atom. The first-order chi connectivity index (χ1) is 11.7. The number of hydrogen-bond donors (Lipinski definition) is 2. The molecule has 1 atom stereocenters. The summed E-state index contributed by atoms with van der Waals surface area (Å²) in [6.45, 7) is 7.48. The van der Waals surface area contributed by atoms with Crippen LogP contribution in [0.3, 0.4) is 0 Å². The fourth-order valence-electron chi connectivity index (χ4n) is 3.46. The van der Waals surface area contributed by atoms with Crippen LogP contribution in [0.2, 0.25) is 0 Å². The van der Waals surface area contributed by atoms with Crippen LogP contribution in [-0.2, 0) is 15.0 Å². The fraction of sp³-hybridized carbons (Fsp3) is 0.647. The standard InChI is InChI=1S/C17H25N5O3/c1-17(2,3)14-13(19-9-20-14)16(25)21-7-11(8-21)22-6-10(5-12(22)23)15(24)18-4/h9-11H,5-8H2,1-4H3,(H,18,24)(H,19,20). The summed E-state index contributed by atoms with van der Waals surface area (Å²) in [4.78, 5) is 47.3. The lowest BCUT2D eigenvalue weighted by molar-refractivity contribution is -0.132. The Hall–Kier alpha value is -2.38. The van der Waals surface area contributed by atoms with E-state index < -0.39 is 0 Å². The molecule has 0 saturated carbocycles. The smallest absolute Gasteiger partial charge is 0.274 e. The number of nitrogens with zero attached hydrogens (tertiary/aromatic N) is 3. The van der Waals surface area contributed by atoms with Gasteiger partial charge in [-0.2, -0.15) is 0 Å². The lowest BCUT2D eigenvalue weighted by atomic mass is 9.90. The molecule has 3 rings (SSSR count). The molecule has 25 heavy (non-hydrogen) atoms. The number of H-pyrrole nitrogens is 1. The first-order valence-corrected chi connectivity index (χ1v) is 8.56. The Labute approximate surface area is 147 Å². The van der Waals surface area contributed by atoms with Crippen molar-refractivity contribution in [3.63, 3.8) is 0 Å². The van der Waals surface area contributed by atoms with Crippen LogP contribution < -0.4 is 5.32 Å². The summed E-state index contributed by atoms with van der Waals surface area (Å²) in [7, 11) is 1.58. The summed E-state index contributed by atoms with van der Waals surface area (Å²) in [5.74, 6) is -0.520. The summed E-state index contributed by atoms with van der Waals surface area (Å²) in [6, 6.07) is -0.0110.